The summed E-state index contributed by atoms with van der Waals surface area (Å²) in [6, 6.07) is 6.50. The van der Waals surface area contributed by atoms with Crippen molar-refractivity contribution in [3.63, 3.8) is 0 Å². The van der Waals surface area contributed by atoms with E-state index in [4.69, 9.17) is 21.9 Å². The summed E-state index contributed by atoms with van der Waals surface area (Å²) < 4.78 is 4.70. The summed E-state index contributed by atoms with van der Waals surface area (Å²) in [5.41, 5.74) is 17.3. The van der Waals surface area contributed by atoms with Gasteiger partial charge in [-0.15, -0.1) is 0 Å². The van der Waals surface area contributed by atoms with Gasteiger partial charge in [0, 0.05) is 5.69 Å². The molecule has 0 aliphatic rings. The summed E-state index contributed by atoms with van der Waals surface area (Å²) in [5, 5.41) is 3.10. The first-order chi connectivity index (χ1) is 12.4. The molecule has 8 N–H and O–H groups in total. The maximum atomic E-state index is 11.8. The Morgan fingerprint density at radius 3 is 2.65 bits per heavy atom. The Bertz CT molecular complexity index is 1000. The minimum absolute atomic E-state index is 0.0168. The molecule has 0 saturated heterocycles. The summed E-state index contributed by atoms with van der Waals surface area (Å²) >= 11 is 0. The fourth-order valence-electron chi connectivity index (χ4n) is 2.16. The number of esters is 1. The molecule has 0 spiro atoms. The Hall–Kier alpha value is -3.57. The first-order valence-corrected chi connectivity index (χ1v) is 7.50. The smallest absolute Gasteiger partial charge is 0.340 e. The molecule has 2 aromatic heterocycles. The van der Waals surface area contributed by atoms with Crippen molar-refractivity contribution in [1.29, 1.82) is 0 Å². The van der Waals surface area contributed by atoms with E-state index < -0.39 is 17.9 Å². The average Bonchev–Trinajstić information content (AvgIpc) is 2.60. The molecule has 2 heterocycles. The highest BCUT2D eigenvalue weighted by Crippen LogP contribution is 2.12. The van der Waals surface area contributed by atoms with Crippen LogP contribution in [-0.2, 0) is 11.3 Å². The van der Waals surface area contributed by atoms with E-state index in [1.165, 1.54) is 6.20 Å². The van der Waals surface area contributed by atoms with Gasteiger partial charge in [0.15, 0.2) is 11.2 Å². The number of anilines is 2. The van der Waals surface area contributed by atoms with Crippen molar-refractivity contribution in [2.45, 2.75) is 12.9 Å². The average molecular weight is 356 g/mol. The summed E-state index contributed by atoms with van der Waals surface area (Å²) in [7, 11) is 0. The van der Waals surface area contributed by atoms with Crippen molar-refractivity contribution < 1.29 is 9.53 Å². The number of carbonyl (C=O) groups excluding carboxylic acids is 1. The third-order valence-corrected chi connectivity index (χ3v) is 3.32. The van der Waals surface area contributed by atoms with E-state index >= 15 is 0 Å². The number of nitrogens with zero attached hydrogens (tertiary/aromatic N) is 3. The molecule has 26 heavy (non-hydrogen) atoms. The third kappa shape index (κ3) is 3.91. The van der Waals surface area contributed by atoms with Gasteiger partial charge in [0.05, 0.1) is 24.0 Å². The first kappa shape index (κ1) is 17.3. The predicted molar refractivity (Wildman–Crippen MR) is 93.7 cm³/mol. The lowest BCUT2D eigenvalue weighted by atomic mass is 10.2. The molecule has 3 rings (SSSR count). The highest BCUT2D eigenvalue weighted by molar-refractivity contribution is 5.89. The van der Waals surface area contributed by atoms with Gasteiger partial charge in [0.25, 0.3) is 5.56 Å². The maximum absolute atomic E-state index is 11.8. The van der Waals surface area contributed by atoms with Crippen molar-refractivity contribution in [2.24, 2.45) is 11.5 Å². The second kappa shape index (κ2) is 7.13. The molecular weight excluding hydrogens is 340 g/mol. The number of aromatic nitrogens is 4. The van der Waals surface area contributed by atoms with Gasteiger partial charge in [-0.3, -0.25) is 21.2 Å². The molecule has 0 aliphatic carbocycles. The lowest BCUT2D eigenvalue weighted by molar-refractivity contribution is 0.0330. The molecule has 0 amide bonds. The van der Waals surface area contributed by atoms with E-state index in [1.54, 1.807) is 24.3 Å². The molecule has 11 nitrogen and oxygen atoms in total. The van der Waals surface area contributed by atoms with Crippen LogP contribution in [0.2, 0.25) is 0 Å². The van der Waals surface area contributed by atoms with Crippen LogP contribution in [0.5, 0.6) is 0 Å². The number of rotatable bonds is 5. The Balaban J connectivity index is 1.70. The number of hydrogen-bond acceptors (Lipinski definition) is 10. The van der Waals surface area contributed by atoms with Gasteiger partial charge >= 0.3 is 5.97 Å². The molecule has 0 radical (unpaired) electrons. The van der Waals surface area contributed by atoms with Crippen LogP contribution in [0, 0.1) is 0 Å². The molecule has 3 aromatic rings. The molecule has 0 fully saturated rings. The number of ether oxygens (including phenoxy) is 1. The molecule has 0 unspecified atom stereocenters. The van der Waals surface area contributed by atoms with Gasteiger partial charge in [-0.05, 0) is 24.3 Å². The van der Waals surface area contributed by atoms with E-state index in [0.717, 1.165) is 5.69 Å². The zero-order valence-electron chi connectivity index (χ0n) is 13.5. The van der Waals surface area contributed by atoms with E-state index in [2.05, 4.69) is 25.3 Å². The number of nitrogens with two attached hydrogens (primary N) is 3. The van der Waals surface area contributed by atoms with E-state index in [0.29, 0.717) is 17.8 Å². The number of aromatic amines is 1. The summed E-state index contributed by atoms with van der Waals surface area (Å²) in [6.07, 6.45) is 0.329. The predicted octanol–water partition coefficient (Wildman–Crippen LogP) is -0.735. The van der Waals surface area contributed by atoms with Crippen LogP contribution in [-0.4, -0.2) is 32.3 Å². The molecule has 11 heteroatoms. The minimum atomic E-state index is -1.17. The van der Waals surface area contributed by atoms with Crippen LogP contribution in [0.15, 0.2) is 35.3 Å². The number of benzene rings is 1. The van der Waals surface area contributed by atoms with E-state index in [1.807, 2.05) is 0 Å². The molecule has 0 aliphatic heterocycles. The molecular formula is C15H16N8O3. The highest BCUT2D eigenvalue weighted by atomic mass is 16.6. The molecule has 1 aromatic carbocycles. The Morgan fingerprint density at radius 2 is 1.96 bits per heavy atom. The van der Waals surface area contributed by atoms with Crippen LogP contribution in [0.25, 0.3) is 11.2 Å². The van der Waals surface area contributed by atoms with E-state index in [9.17, 15) is 9.59 Å². The van der Waals surface area contributed by atoms with Crippen LogP contribution in [0.1, 0.15) is 16.1 Å². The number of carbonyl (C=O) groups is 1. The molecule has 0 atom stereocenters. The summed E-state index contributed by atoms with van der Waals surface area (Å²) in [5.74, 6) is -0.630. The van der Waals surface area contributed by atoms with Gasteiger partial charge in [-0.1, -0.05) is 0 Å². The zero-order valence-corrected chi connectivity index (χ0v) is 13.5. The Morgan fingerprint density at radius 1 is 1.23 bits per heavy atom. The van der Waals surface area contributed by atoms with Crippen molar-refractivity contribution in [3.8, 4) is 0 Å². The second-order valence-corrected chi connectivity index (χ2v) is 5.29. The first-order valence-electron chi connectivity index (χ1n) is 7.50. The lowest BCUT2D eigenvalue weighted by Crippen LogP contribution is -2.35. The van der Waals surface area contributed by atoms with Crippen molar-refractivity contribution >= 4 is 28.8 Å². The zero-order chi connectivity index (χ0) is 18.7. The number of nitrogens with one attached hydrogen (secondary N) is 2. The lowest BCUT2D eigenvalue weighted by Gasteiger charge is -2.09. The Labute approximate surface area is 146 Å². The molecule has 134 valence electrons. The normalized spacial score (nSPS) is 10.9. The van der Waals surface area contributed by atoms with Gasteiger partial charge < -0.3 is 15.8 Å². The van der Waals surface area contributed by atoms with Crippen LogP contribution in [0.4, 0.5) is 11.6 Å². The molecule has 0 saturated carbocycles. The van der Waals surface area contributed by atoms with Crippen LogP contribution in [0.3, 0.4) is 0 Å². The number of hydrogen-bond donors (Lipinski definition) is 5. The van der Waals surface area contributed by atoms with Crippen LogP contribution >= 0.6 is 0 Å². The summed E-state index contributed by atoms with van der Waals surface area (Å²) in [6.45, 7) is 0.310. The Kier molecular flexibility index (Phi) is 4.73. The van der Waals surface area contributed by atoms with E-state index in [-0.39, 0.29) is 17.1 Å². The topological polar surface area (TPSA) is 188 Å². The molecule has 0 bridgehead atoms. The number of nitrogen functional groups attached to an aromatic ring is 1. The van der Waals surface area contributed by atoms with Gasteiger partial charge in [0.2, 0.25) is 12.3 Å². The largest absolute Gasteiger partial charge is 0.430 e. The van der Waals surface area contributed by atoms with Crippen molar-refractivity contribution in [3.05, 3.63) is 52.1 Å². The monoisotopic (exact) mass is 356 g/mol. The van der Waals surface area contributed by atoms with Crippen molar-refractivity contribution in [2.75, 3.05) is 11.1 Å². The minimum Gasteiger partial charge on any atom is -0.430 e. The highest BCUT2D eigenvalue weighted by Gasteiger charge is 2.10. The second-order valence-electron chi connectivity index (χ2n) is 5.29. The number of H-pyrrole nitrogens is 1. The van der Waals surface area contributed by atoms with Gasteiger partial charge in [0.1, 0.15) is 0 Å². The van der Waals surface area contributed by atoms with Gasteiger partial charge in [-0.2, -0.15) is 4.98 Å². The van der Waals surface area contributed by atoms with Crippen LogP contribution < -0.4 is 28.1 Å². The maximum Gasteiger partial charge on any atom is 0.340 e. The van der Waals surface area contributed by atoms with Gasteiger partial charge in [-0.25, -0.2) is 14.8 Å². The van der Waals surface area contributed by atoms with Crippen molar-refractivity contribution in [1.82, 2.24) is 19.9 Å². The fourth-order valence-corrected chi connectivity index (χ4v) is 2.16. The summed E-state index contributed by atoms with van der Waals surface area (Å²) in [4.78, 5) is 38.1. The third-order valence-electron chi connectivity index (χ3n) is 3.32. The SMILES string of the molecule is Nc1nc2ncc(CNc3ccc(C(=O)OC(N)N)cc3)nc2c(=O)[nH]1. The standard InChI is InChI=1S/C15H16N8O3/c16-14(17)26-13(25)7-1-3-8(4-2-7)19-5-9-6-20-11-10(21-9)12(24)23-15(18)22-11/h1-4,6,14,19H,5,16-17H2,(H3,18,20,22,23,24). The number of fused-ring (bicyclic) bond motifs is 1. The quantitative estimate of drug-likeness (QED) is 0.288. The fraction of sp³-hybridized carbons (Fsp3) is 0.133.